The highest BCUT2D eigenvalue weighted by Gasteiger charge is 2.32. The molecule has 0 atom stereocenters. The summed E-state index contributed by atoms with van der Waals surface area (Å²) in [6.45, 7) is 5.47. The van der Waals surface area contributed by atoms with E-state index >= 15 is 0 Å². The molecule has 1 aliphatic rings. The van der Waals surface area contributed by atoms with Crippen molar-refractivity contribution in [2.45, 2.75) is 30.0 Å². The topological polar surface area (TPSA) is 139 Å². The van der Waals surface area contributed by atoms with E-state index in [4.69, 9.17) is 5.73 Å². The first kappa shape index (κ1) is 20.2. The van der Waals surface area contributed by atoms with E-state index in [9.17, 15) is 4.79 Å². The van der Waals surface area contributed by atoms with Gasteiger partial charge in [-0.2, -0.15) is 4.98 Å². The van der Waals surface area contributed by atoms with Gasteiger partial charge in [0.1, 0.15) is 10.5 Å². The highest BCUT2D eigenvalue weighted by atomic mass is 32.2. The molecule has 3 aromatic heterocycles. The maximum atomic E-state index is 13.0. The van der Waals surface area contributed by atoms with Crippen LogP contribution in [0, 0.1) is 0 Å². The van der Waals surface area contributed by atoms with Gasteiger partial charge in [-0.05, 0) is 39.0 Å². The Morgan fingerprint density at radius 1 is 1.30 bits per heavy atom. The fourth-order valence-electron chi connectivity index (χ4n) is 3.04. The van der Waals surface area contributed by atoms with E-state index in [-0.39, 0.29) is 17.8 Å². The number of hydrogen-bond acceptors (Lipinski definition) is 9. The summed E-state index contributed by atoms with van der Waals surface area (Å²) in [5.74, 6) is 0.141. The number of nitrogens with one attached hydrogen (secondary N) is 2. The molecule has 0 spiro atoms. The van der Waals surface area contributed by atoms with Crippen molar-refractivity contribution < 1.29 is 4.79 Å². The van der Waals surface area contributed by atoms with Crippen LogP contribution in [0.2, 0.25) is 0 Å². The van der Waals surface area contributed by atoms with E-state index < -0.39 is 4.75 Å². The first-order chi connectivity index (χ1) is 14.3. The number of likely N-dealkylation sites (N-methyl/N-ethyl adjacent to an activating group) is 1. The number of hydrogen-bond donors (Lipinski definition) is 3. The lowest BCUT2D eigenvalue weighted by Crippen LogP contribution is -2.34. The Morgan fingerprint density at radius 3 is 2.90 bits per heavy atom. The van der Waals surface area contributed by atoms with Crippen LogP contribution in [-0.2, 0) is 4.79 Å². The first-order valence-corrected chi connectivity index (χ1v) is 10.3. The number of carbonyl (C=O) groups excluding carboxylic acids is 1. The average molecular weight is 426 g/mol. The van der Waals surface area contributed by atoms with Crippen molar-refractivity contribution in [2.24, 2.45) is 0 Å². The van der Waals surface area contributed by atoms with E-state index in [1.807, 2.05) is 6.07 Å². The molecule has 10 nitrogen and oxygen atoms in total. The van der Waals surface area contributed by atoms with Crippen LogP contribution in [0.15, 0.2) is 29.7 Å². The first-order valence-electron chi connectivity index (χ1n) is 9.50. The van der Waals surface area contributed by atoms with E-state index in [2.05, 4.69) is 53.2 Å². The molecule has 1 aliphatic heterocycles. The molecule has 0 aromatic carbocycles. The Morgan fingerprint density at radius 2 is 2.13 bits per heavy atom. The van der Waals surface area contributed by atoms with Crippen molar-refractivity contribution in [3.05, 3.63) is 30.4 Å². The molecule has 4 N–H and O–H groups in total. The predicted molar refractivity (Wildman–Crippen MR) is 117 cm³/mol. The number of fused-ring (bicyclic) bond motifs is 1. The minimum Gasteiger partial charge on any atom is -0.368 e. The number of carbonyl (C=O) groups is 1. The fourth-order valence-corrected chi connectivity index (χ4v) is 4.06. The van der Waals surface area contributed by atoms with Crippen LogP contribution in [0.1, 0.15) is 26.0 Å². The maximum Gasteiger partial charge on any atom is 0.242 e. The summed E-state index contributed by atoms with van der Waals surface area (Å²) in [5, 5.41) is 3.38. The molecular formula is C19H23N9OS. The SMILES string of the molecule is CN1CC=C(c2ccnc(NC(=O)C(C)(C)Sc3nc(N)nc4nc[nH]c34)n2)CC1. The molecule has 0 saturated carbocycles. The Kier molecular flexibility index (Phi) is 5.39. The number of aromatic amines is 1. The lowest BCUT2D eigenvalue weighted by Gasteiger charge is -2.23. The summed E-state index contributed by atoms with van der Waals surface area (Å²) in [5.41, 5.74) is 8.88. The van der Waals surface area contributed by atoms with Gasteiger partial charge >= 0.3 is 0 Å². The lowest BCUT2D eigenvalue weighted by molar-refractivity contribution is -0.117. The largest absolute Gasteiger partial charge is 0.368 e. The molecule has 30 heavy (non-hydrogen) atoms. The molecule has 11 heteroatoms. The second-order valence-corrected chi connectivity index (χ2v) is 9.17. The Balaban J connectivity index is 1.51. The molecule has 0 fully saturated rings. The standard InChI is InChI=1S/C19H23N9OS/c1-19(2,30-15-13-14(23-10-22-13)25-17(20)26-15)16(29)27-18-21-7-4-12(24-18)11-5-8-28(3)9-6-11/h4-5,7,10H,6,8-9H2,1-3H3,(H,21,24,27,29)(H3,20,22,23,25,26). The maximum absolute atomic E-state index is 13.0. The van der Waals surface area contributed by atoms with Gasteiger partial charge in [0.15, 0.2) is 5.65 Å². The van der Waals surface area contributed by atoms with Crippen LogP contribution in [0.25, 0.3) is 16.7 Å². The normalized spacial score (nSPS) is 15.2. The van der Waals surface area contributed by atoms with Crippen LogP contribution in [0.5, 0.6) is 0 Å². The number of aromatic nitrogens is 6. The van der Waals surface area contributed by atoms with Crippen molar-refractivity contribution >= 4 is 46.3 Å². The number of H-pyrrole nitrogens is 1. The zero-order valence-electron chi connectivity index (χ0n) is 17.0. The number of anilines is 2. The molecule has 0 unspecified atom stereocenters. The molecule has 4 heterocycles. The highest BCUT2D eigenvalue weighted by Crippen LogP contribution is 2.35. The van der Waals surface area contributed by atoms with Gasteiger partial charge in [-0.25, -0.2) is 19.9 Å². The third-order valence-electron chi connectivity index (χ3n) is 4.79. The molecule has 0 radical (unpaired) electrons. The quantitative estimate of drug-likeness (QED) is 0.413. The average Bonchev–Trinajstić information content (AvgIpc) is 3.17. The number of imidazole rings is 1. The second kappa shape index (κ2) is 8.00. The van der Waals surface area contributed by atoms with Gasteiger partial charge in [-0.15, -0.1) is 0 Å². The van der Waals surface area contributed by atoms with Crippen molar-refractivity contribution in [2.75, 3.05) is 31.2 Å². The molecule has 3 aromatic rings. The number of nitrogens with zero attached hydrogens (tertiary/aromatic N) is 6. The van der Waals surface area contributed by atoms with Gasteiger partial charge in [0.05, 0.1) is 16.8 Å². The van der Waals surface area contributed by atoms with Crippen molar-refractivity contribution in [3.63, 3.8) is 0 Å². The monoisotopic (exact) mass is 425 g/mol. The third-order valence-corrected chi connectivity index (χ3v) is 5.97. The number of thioether (sulfide) groups is 1. The number of rotatable bonds is 5. The van der Waals surface area contributed by atoms with Gasteiger partial charge in [0, 0.05) is 19.3 Å². The van der Waals surface area contributed by atoms with Crippen LogP contribution in [0.3, 0.4) is 0 Å². The summed E-state index contributed by atoms with van der Waals surface area (Å²) in [6, 6.07) is 1.87. The van der Waals surface area contributed by atoms with E-state index in [1.54, 1.807) is 20.0 Å². The highest BCUT2D eigenvalue weighted by molar-refractivity contribution is 8.01. The minimum atomic E-state index is -0.870. The van der Waals surface area contributed by atoms with Crippen LogP contribution in [-0.4, -0.2) is 65.6 Å². The van der Waals surface area contributed by atoms with Crippen LogP contribution in [0.4, 0.5) is 11.9 Å². The summed E-state index contributed by atoms with van der Waals surface area (Å²) < 4.78 is -0.870. The van der Waals surface area contributed by atoms with Crippen molar-refractivity contribution in [3.8, 4) is 0 Å². The van der Waals surface area contributed by atoms with Crippen molar-refractivity contribution in [1.82, 2.24) is 34.8 Å². The van der Waals surface area contributed by atoms with E-state index in [0.29, 0.717) is 16.2 Å². The fraction of sp³-hybridized carbons (Fsp3) is 0.368. The van der Waals surface area contributed by atoms with Gasteiger partial charge in [-0.1, -0.05) is 17.8 Å². The van der Waals surface area contributed by atoms with Crippen molar-refractivity contribution in [1.29, 1.82) is 0 Å². The number of amides is 1. The minimum absolute atomic E-state index is 0.107. The van der Waals surface area contributed by atoms with E-state index in [0.717, 1.165) is 30.8 Å². The summed E-state index contributed by atoms with van der Waals surface area (Å²) in [7, 11) is 2.08. The Labute approximate surface area is 177 Å². The Hall–Kier alpha value is -3.05. The molecule has 0 bridgehead atoms. The molecule has 4 rings (SSSR count). The van der Waals surface area contributed by atoms with Crippen LogP contribution < -0.4 is 11.1 Å². The third kappa shape index (κ3) is 4.26. The Bertz CT molecular complexity index is 1120. The number of nitrogens with two attached hydrogens (primary N) is 1. The summed E-state index contributed by atoms with van der Waals surface area (Å²) in [4.78, 5) is 39.4. The van der Waals surface area contributed by atoms with Gasteiger partial charge in [0.25, 0.3) is 0 Å². The van der Waals surface area contributed by atoms with Gasteiger partial charge in [-0.3, -0.25) is 10.1 Å². The predicted octanol–water partition coefficient (Wildman–Crippen LogP) is 1.95. The molecule has 156 valence electrons. The molecular weight excluding hydrogens is 402 g/mol. The zero-order valence-corrected chi connectivity index (χ0v) is 17.8. The van der Waals surface area contributed by atoms with E-state index in [1.165, 1.54) is 18.1 Å². The zero-order chi connectivity index (χ0) is 21.3. The lowest BCUT2D eigenvalue weighted by atomic mass is 10.1. The molecule has 0 aliphatic carbocycles. The molecule has 0 saturated heterocycles. The second-order valence-electron chi connectivity index (χ2n) is 7.56. The van der Waals surface area contributed by atoms with Gasteiger partial charge in [0.2, 0.25) is 17.8 Å². The number of nitrogen functional groups attached to an aromatic ring is 1. The smallest absolute Gasteiger partial charge is 0.242 e. The molecule has 1 amide bonds. The summed E-state index contributed by atoms with van der Waals surface area (Å²) >= 11 is 1.27. The van der Waals surface area contributed by atoms with Crippen LogP contribution >= 0.6 is 11.8 Å². The summed E-state index contributed by atoms with van der Waals surface area (Å²) in [6.07, 6.45) is 6.26. The van der Waals surface area contributed by atoms with Gasteiger partial charge < -0.3 is 15.6 Å².